The summed E-state index contributed by atoms with van der Waals surface area (Å²) < 4.78 is 0. The highest BCUT2D eigenvalue weighted by Crippen LogP contribution is 2.36. The number of thiocarbonyl (C=S) groups is 1. The van der Waals surface area contributed by atoms with Crippen molar-refractivity contribution in [2.45, 2.75) is 26.2 Å². The molecule has 1 saturated carbocycles. The van der Waals surface area contributed by atoms with Gasteiger partial charge in [0.15, 0.2) is 0 Å². The quantitative estimate of drug-likeness (QED) is 0.513. The third-order valence-electron chi connectivity index (χ3n) is 1.95. The van der Waals surface area contributed by atoms with Gasteiger partial charge in [-0.25, -0.2) is 0 Å². The van der Waals surface area contributed by atoms with E-state index in [0.29, 0.717) is 0 Å². The van der Waals surface area contributed by atoms with Gasteiger partial charge in [-0.05, 0) is 24.1 Å². The van der Waals surface area contributed by atoms with Crippen molar-refractivity contribution in [3.05, 3.63) is 5.92 Å². The van der Waals surface area contributed by atoms with Crippen LogP contribution in [0.25, 0.3) is 0 Å². The molecule has 0 spiro atoms. The van der Waals surface area contributed by atoms with Gasteiger partial charge in [-0.1, -0.05) is 25.6 Å². The molecule has 0 nitrogen and oxygen atoms in total. The van der Waals surface area contributed by atoms with E-state index in [0.717, 1.165) is 5.92 Å². The third kappa shape index (κ3) is 0.921. The van der Waals surface area contributed by atoms with Crippen LogP contribution in [0.3, 0.4) is 0 Å². The van der Waals surface area contributed by atoms with Gasteiger partial charge in [0.2, 0.25) is 0 Å². The Bertz CT molecular complexity index is 86.4. The molecule has 1 rings (SSSR count). The van der Waals surface area contributed by atoms with E-state index in [-0.39, 0.29) is 0 Å². The maximum Gasteiger partial charge on any atom is 0.0116 e. The smallest absolute Gasteiger partial charge is 0.0116 e. The third-order valence-corrected chi connectivity index (χ3v) is 2.25. The van der Waals surface area contributed by atoms with Gasteiger partial charge in [0.25, 0.3) is 0 Å². The van der Waals surface area contributed by atoms with Gasteiger partial charge in [0.05, 0.1) is 0 Å². The SMILES string of the molecule is CCC1CC[C]1C=S. The van der Waals surface area contributed by atoms with Crippen molar-refractivity contribution in [3.8, 4) is 0 Å². The fraction of sp³-hybridized carbons (Fsp3) is 0.714. The second kappa shape index (κ2) is 2.58. The average Bonchev–Trinajstić information content (AvgIpc) is 1.66. The lowest BCUT2D eigenvalue weighted by Crippen LogP contribution is -2.23. The Kier molecular flexibility index (Phi) is 2.01. The van der Waals surface area contributed by atoms with Crippen molar-refractivity contribution in [1.29, 1.82) is 0 Å². The zero-order valence-electron chi connectivity index (χ0n) is 5.18. The van der Waals surface area contributed by atoms with Crippen LogP contribution >= 0.6 is 12.2 Å². The molecule has 45 valence electrons. The maximum atomic E-state index is 4.81. The first kappa shape index (κ1) is 6.21. The summed E-state index contributed by atoms with van der Waals surface area (Å²) in [6.45, 7) is 2.22. The average molecular weight is 127 g/mol. The van der Waals surface area contributed by atoms with Crippen LogP contribution in [-0.2, 0) is 0 Å². The molecule has 1 unspecified atom stereocenters. The first-order chi connectivity index (χ1) is 3.88. The summed E-state index contributed by atoms with van der Waals surface area (Å²) in [4.78, 5) is 0. The zero-order valence-corrected chi connectivity index (χ0v) is 6.00. The number of hydrogen-bond acceptors (Lipinski definition) is 1. The highest BCUT2D eigenvalue weighted by atomic mass is 32.1. The number of rotatable bonds is 2. The van der Waals surface area contributed by atoms with E-state index in [1.165, 1.54) is 25.2 Å². The molecule has 1 fully saturated rings. The summed E-state index contributed by atoms with van der Waals surface area (Å²) >= 11 is 4.81. The minimum Gasteiger partial charge on any atom is -0.0928 e. The van der Waals surface area contributed by atoms with Crippen molar-refractivity contribution in [2.75, 3.05) is 0 Å². The second-order valence-electron chi connectivity index (χ2n) is 2.34. The summed E-state index contributed by atoms with van der Waals surface area (Å²) in [6.07, 6.45) is 3.92. The lowest BCUT2D eigenvalue weighted by molar-refractivity contribution is 0.392. The highest BCUT2D eigenvalue weighted by Gasteiger charge is 2.27. The molecule has 0 aromatic heterocycles. The van der Waals surface area contributed by atoms with Crippen molar-refractivity contribution in [2.24, 2.45) is 5.92 Å². The van der Waals surface area contributed by atoms with E-state index in [1.807, 2.05) is 5.37 Å². The highest BCUT2D eigenvalue weighted by molar-refractivity contribution is 7.79. The molecular weight excluding hydrogens is 116 g/mol. The minimum atomic E-state index is 0.854. The summed E-state index contributed by atoms with van der Waals surface area (Å²) in [5.41, 5.74) is 0. The number of hydrogen-bond donors (Lipinski definition) is 0. The molecule has 0 amide bonds. The Morgan fingerprint density at radius 1 is 1.88 bits per heavy atom. The van der Waals surface area contributed by atoms with Gasteiger partial charge in [0.1, 0.15) is 0 Å². The van der Waals surface area contributed by atoms with Gasteiger partial charge < -0.3 is 0 Å². The van der Waals surface area contributed by atoms with Gasteiger partial charge in [0, 0.05) is 5.92 Å². The first-order valence-corrected chi connectivity index (χ1v) is 3.66. The van der Waals surface area contributed by atoms with Crippen LogP contribution in [0.2, 0.25) is 0 Å². The van der Waals surface area contributed by atoms with Crippen LogP contribution in [0.5, 0.6) is 0 Å². The van der Waals surface area contributed by atoms with E-state index >= 15 is 0 Å². The fourth-order valence-corrected chi connectivity index (χ4v) is 1.45. The molecule has 0 aliphatic heterocycles. The molecule has 0 saturated heterocycles. The standard InChI is InChI=1S/C7H11S/c1-2-6-3-4-7(6)5-8/h5-6H,2-4H2,1H3. The predicted octanol–water partition coefficient (Wildman–Crippen LogP) is 2.38. The molecule has 1 aliphatic carbocycles. The van der Waals surface area contributed by atoms with Crippen LogP contribution in [0, 0.1) is 11.8 Å². The predicted molar refractivity (Wildman–Crippen MR) is 39.9 cm³/mol. The first-order valence-electron chi connectivity index (χ1n) is 3.19. The lowest BCUT2D eigenvalue weighted by atomic mass is 9.73. The molecule has 1 aliphatic rings. The van der Waals surface area contributed by atoms with E-state index in [2.05, 4.69) is 6.92 Å². The van der Waals surface area contributed by atoms with Crippen LogP contribution in [0.1, 0.15) is 26.2 Å². The van der Waals surface area contributed by atoms with Crippen LogP contribution in [0.15, 0.2) is 0 Å². The van der Waals surface area contributed by atoms with Gasteiger partial charge in [-0.3, -0.25) is 0 Å². The Balaban J connectivity index is 2.26. The monoisotopic (exact) mass is 127 g/mol. The molecule has 1 atom stereocenters. The van der Waals surface area contributed by atoms with Gasteiger partial charge in [-0.15, -0.1) is 0 Å². The van der Waals surface area contributed by atoms with Crippen molar-refractivity contribution >= 4 is 17.6 Å². The molecule has 1 heteroatoms. The normalized spacial score (nSPS) is 29.4. The minimum absolute atomic E-state index is 0.854. The lowest BCUT2D eigenvalue weighted by Gasteiger charge is -2.31. The van der Waals surface area contributed by atoms with Gasteiger partial charge >= 0.3 is 0 Å². The molecule has 0 heterocycles. The van der Waals surface area contributed by atoms with Crippen LogP contribution < -0.4 is 0 Å². The van der Waals surface area contributed by atoms with E-state index in [4.69, 9.17) is 12.2 Å². The summed E-state index contributed by atoms with van der Waals surface area (Å²) in [5.74, 6) is 2.36. The summed E-state index contributed by atoms with van der Waals surface area (Å²) in [5, 5.41) is 1.86. The van der Waals surface area contributed by atoms with Crippen molar-refractivity contribution < 1.29 is 0 Å². The molecule has 0 aromatic carbocycles. The molecule has 8 heavy (non-hydrogen) atoms. The van der Waals surface area contributed by atoms with Gasteiger partial charge in [-0.2, -0.15) is 0 Å². The zero-order chi connectivity index (χ0) is 5.98. The Morgan fingerprint density at radius 2 is 2.62 bits per heavy atom. The van der Waals surface area contributed by atoms with E-state index < -0.39 is 0 Å². The fourth-order valence-electron chi connectivity index (χ4n) is 1.14. The molecular formula is C7H11S. The molecule has 0 bridgehead atoms. The topological polar surface area (TPSA) is 0 Å². The Hall–Kier alpha value is 0.0900. The molecule has 0 N–H and O–H groups in total. The largest absolute Gasteiger partial charge is 0.0928 e. The Labute approximate surface area is 56.3 Å². The van der Waals surface area contributed by atoms with Crippen LogP contribution in [-0.4, -0.2) is 5.37 Å². The second-order valence-corrected chi connectivity index (χ2v) is 2.57. The van der Waals surface area contributed by atoms with Crippen molar-refractivity contribution in [1.82, 2.24) is 0 Å². The van der Waals surface area contributed by atoms with Crippen molar-refractivity contribution in [3.63, 3.8) is 0 Å². The van der Waals surface area contributed by atoms with Crippen LogP contribution in [0.4, 0.5) is 0 Å². The maximum absolute atomic E-state index is 4.81. The van der Waals surface area contributed by atoms with E-state index in [1.54, 1.807) is 0 Å². The Morgan fingerprint density at radius 3 is 2.75 bits per heavy atom. The summed E-state index contributed by atoms with van der Waals surface area (Å²) in [7, 11) is 0. The molecule has 1 radical (unpaired) electrons. The summed E-state index contributed by atoms with van der Waals surface area (Å²) in [6, 6.07) is 0. The molecule has 0 aromatic rings. The van der Waals surface area contributed by atoms with E-state index in [9.17, 15) is 0 Å².